The zero-order valence-electron chi connectivity index (χ0n) is 16.9. The molecule has 1 fully saturated rings. The summed E-state index contributed by atoms with van der Waals surface area (Å²) in [6.45, 7) is 8.14. The molecule has 0 spiro atoms. The molecule has 2 atom stereocenters. The SMILES string of the molecule is CCN(CC)CCC(c1ccccc1)C1CCCCS1.O=C(O)C=CC(=O)O. The van der Waals surface area contributed by atoms with Crippen molar-refractivity contribution in [3.63, 3.8) is 0 Å². The molecule has 0 saturated carbocycles. The largest absolute Gasteiger partial charge is 0.478 e. The molecule has 2 rings (SSSR count). The Bertz CT molecular complexity index is 580. The Morgan fingerprint density at radius 2 is 1.71 bits per heavy atom. The number of rotatable bonds is 9. The number of aliphatic carboxylic acids is 2. The summed E-state index contributed by atoms with van der Waals surface area (Å²) in [5.41, 5.74) is 1.55. The Labute approximate surface area is 172 Å². The number of thioether (sulfide) groups is 1. The topological polar surface area (TPSA) is 77.8 Å². The number of hydrogen-bond donors (Lipinski definition) is 2. The number of benzene rings is 1. The first kappa shape index (κ1) is 24.2. The maximum atomic E-state index is 9.55. The smallest absolute Gasteiger partial charge is 0.328 e. The predicted molar refractivity (Wildman–Crippen MR) is 116 cm³/mol. The van der Waals surface area contributed by atoms with Gasteiger partial charge in [0.25, 0.3) is 0 Å². The van der Waals surface area contributed by atoms with Crippen molar-refractivity contribution in [2.24, 2.45) is 0 Å². The van der Waals surface area contributed by atoms with Crippen LogP contribution in [0.2, 0.25) is 0 Å². The standard InChI is InChI=1S/C18H29NS.C4H4O4/c1-3-19(4-2)14-13-17(16-10-6-5-7-11-16)18-12-8-9-15-20-18;5-3(6)1-2-4(7)8/h5-7,10-11,17-18H,3-4,8-9,12-15H2,1-2H3;1-2H,(H,5,6)(H,7,8). The molecule has 1 saturated heterocycles. The fraction of sp³-hybridized carbons (Fsp3) is 0.545. The molecule has 1 heterocycles. The Hall–Kier alpha value is -1.79. The molecule has 28 heavy (non-hydrogen) atoms. The molecule has 0 radical (unpaired) electrons. The summed E-state index contributed by atoms with van der Waals surface area (Å²) in [4.78, 5) is 21.7. The van der Waals surface area contributed by atoms with E-state index in [4.69, 9.17) is 10.2 Å². The number of nitrogens with zero attached hydrogens (tertiary/aromatic N) is 1. The predicted octanol–water partition coefficient (Wildman–Crippen LogP) is 4.50. The molecular formula is C22H33NO4S. The lowest BCUT2D eigenvalue weighted by Gasteiger charge is -2.32. The van der Waals surface area contributed by atoms with Crippen LogP contribution >= 0.6 is 11.8 Å². The highest BCUT2D eigenvalue weighted by Gasteiger charge is 2.25. The van der Waals surface area contributed by atoms with E-state index in [0.29, 0.717) is 12.2 Å². The van der Waals surface area contributed by atoms with Crippen LogP contribution in [0.1, 0.15) is 51.0 Å². The monoisotopic (exact) mass is 407 g/mol. The molecular weight excluding hydrogens is 374 g/mol. The van der Waals surface area contributed by atoms with Crippen molar-refractivity contribution >= 4 is 23.7 Å². The molecule has 1 aromatic rings. The lowest BCUT2D eigenvalue weighted by Crippen LogP contribution is -2.28. The van der Waals surface area contributed by atoms with Crippen LogP contribution in [0.3, 0.4) is 0 Å². The van der Waals surface area contributed by atoms with Gasteiger partial charge in [0.1, 0.15) is 0 Å². The third kappa shape index (κ3) is 9.95. The van der Waals surface area contributed by atoms with Gasteiger partial charge in [-0.3, -0.25) is 0 Å². The second kappa shape index (κ2) is 14.2. The zero-order chi connectivity index (χ0) is 20.8. The molecule has 2 unspecified atom stereocenters. The normalized spacial score (nSPS) is 17.8. The maximum absolute atomic E-state index is 9.55. The van der Waals surface area contributed by atoms with E-state index < -0.39 is 11.9 Å². The second-order valence-corrected chi connectivity index (χ2v) is 8.09. The first-order valence-corrected chi connectivity index (χ1v) is 11.1. The van der Waals surface area contributed by atoms with Crippen LogP contribution in [-0.4, -0.2) is 57.7 Å². The molecule has 0 bridgehead atoms. The van der Waals surface area contributed by atoms with E-state index in [1.807, 2.05) is 0 Å². The van der Waals surface area contributed by atoms with Crippen LogP contribution in [0.25, 0.3) is 0 Å². The van der Waals surface area contributed by atoms with Gasteiger partial charge in [-0.15, -0.1) is 0 Å². The molecule has 1 aliphatic rings. The third-order valence-corrected chi connectivity index (χ3v) is 6.43. The van der Waals surface area contributed by atoms with Crippen molar-refractivity contribution in [2.45, 2.75) is 50.7 Å². The van der Waals surface area contributed by atoms with Crippen molar-refractivity contribution in [1.29, 1.82) is 0 Å². The van der Waals surface area contributed by atoms with E-state index in [2.05, 4.69) is 60.8 Å². The molecule has 1 aliphatic heterocycles. The van der Waals surface area contributed by atoms with Crippen molar-refractivity contribution in [3.05, 3.63) is 48.0 Å². The van der Waals surface area contributed by atoms with Crippen molar-refractivity contribution in [1.82, 2.24) is 4.90 Å². The number of hydrogen-bond acceptors (Lipinski definition) is 4. The minimum Gasteiger partial charge on any atom is -0.478 e. The van der Waals surface area contributed by atoms with Crippen LogP contribution in [0.15, 0.2) is 42.5 Å². The Morgan fingerprint density at radius 1 is 1.11 bits per heavy atom. The Balaban J connectivity index is 0.000000416. The average Bonchev–Trinajstić information content (AvgIpc) is 2.72. The van der Waals surface area contributed by atoms with Crippen LogP contribution in [0.4, 0.5) is 0 Å². The Kier molecular flexibility index (Phi) is 12.3. The molecule has 1 aromatic carbocycles. The van der Waals surface area contributed by atoms with Crippen molar-refractivity contribution in [2.75, 3.05) is 25.4 Å². The summed E-state index contributed by atoms with van der Waals surface area (Å²) < 4.78 is 0. The number of carbonyl (C=O) groups is 2. The van der Waals surface area contributed by atoms with Gasteiger partial charge in [-0.05, 0) is 56.1 Å². The van der Waals surface area contributed by atoms with Crippen LogP contribution in [0, 0.1) is 0 Å². The molecule has 2 N–H and O–H groups in total. The van der Waals surface area contributed by atoms with E-state index >= 15 is 0 Å². The number of carboxylic acids is 2. The van der Waals surface area contributed by atoms with E-state index in [9.17, 15) is 9.59 Å². The summed E-state index contributed by atoms with van der Waals surface area (Å²) >= 11 is 2.21. The van der Waals surface area contributed by atoms with E-state index in [0.717, 1.165) is 11.2 Å². The first-order chi connectivity index (χ1) is 13.5. The van der Waals surface area contributed by atoms with Crippen LogP contribution in [0.5, 0.6) is 0 Å². The molecule has 0 amide bonds. The Morgan fingerprint density at radius 3 is 2.18 bits per heavy atom. The van der Waals surface area contributed by atoms with Gasteiger partial charge in [0.05, 0.1) is 0 Å². The van der Waals surface area contributed by atoms with E-state index in [1.165, 1.54) is 51.1 Å². The summed E-state index contributed by atoms with van der Waals surface area (Å²) in [5, 5.41) is 16.5. The molecule has 0 aliphatic carbocycles. The van der Waals surface area contributed by atoms with Crippen LogP contribution < -0.4 is 0 Å². The molecule has 156 valence electrons. The second-order valence-electron chi connectivity index (χ2n) is 6.75. The fourth-order valence-corrected chi connectivity index (χ4v) is 4.89. The maximum Gasteiger partial charge on any atom is 0.328 e. The highest BCUT2D eigenvalue weighted by atomic mass is 32.2. The first-order valence-electron chi connectivity index (χ1n) is 10.0. The van der Waals surface area contributed by atoms with Gasteiger partial charge in [0, 0.05) is 17.4 Å². The van der Waals surface area contributed by atoms with Gasteiger partial charge >= 0.3 is 11.9 Å². The molecule has 0 aromatic heterocycles. The summed E-state index contributed by atoms with van der Waals surface area (Å²) in [6, 6.07) is 11.2. The average molecular weight is 408 g/mol. The van der Waals surface area contributed by atoms with E-state index in [-0.39, 0.29) is 0 Å². The molecule has 5 nitrogen and oxygen atoms in total. The summed E-state index contributed by atoms with van der Waals surface area (Å²) in [6.07, 6.45) is 6.67. The van der Waals surface area contributed by atoms with Gasteiger partial charge in [-0.1, -0.05) is 50.6 Å². The lowest BCUT2D eigenvalue weighted by atomic mass is 9.89. The summed E-state index contributed by atoms with van der Waals surface area (Å²) in [7, 11) is 0. The third-order valence-electron chi connectivity index (χ3n) is 4.91. The van der Waals surface area contributed by atoms with Gasteiger partial charge in [0.2, 0.25) is 0 Å². The fourth-order valence-electron chi connectivity index (χ4n) is 3.35. The highest BCUT2D eigenvalue weighted by molar-refractivity contribution is 8.00. The van der Waals surface area contributed by atoms with Gasteiger partial charge in [-0.2, -0.15) is 11.8 Å². The van der Waals surface area contributed by atoms with Crippen molar-refractivity contribution < 1.29 is 19.8 Å². The minimum absolute atomic E-state index is 0.558. The van der Waals surface area contributed by atoms with E-state index in [1.54, 1.807) is 5.56 Å². The van der Waals surface area contributed by atoms with Gasteiger partial charge in [-0.25, -0.2) is 9.59 Å². The highest BCUT2D eigenvalue weighted by Crippen LogP contribution is 2.38. The lowest BCUT2D eigenvalue weighted by molar-refractivity contribution is -0.134. The van der Waals surface area contributed by atoms with Crippen molar-refractivity contribution in [3.8, 4) is 0 Å². The number of carboxylic acid groups (broad SMARTS) is 2. The molecule has 6 heteroatoms. The van der Waals surface area contributed by atoms with Gasteiger partial charge < -0.3 is 15.1 Å². The quantitative estimate of drug-likeness (QED) is 0.587. The minimum atomic E-state index is -1.26. The van der Waals surface area contributed by atoms with Crippen LogP contribution in [-0.2, 0) is 9.59 Å². The zero-order valence-corrected chi connectivity index (χ0v) is 17.7. The summed E-state index contributed by atoms with van der Waals surface area (Å²) in [5.74, 6) is -0.416. The van der Waals surface area contributed by atoms with Gasteiger partial charge in [0.15, 0.2) is 0 Å².